The number of hydrogen-bond acceptors (Lipinski definition) is 4. The summed E-state index contributed by atoms with van der Waals surface area (Å²) in [6.45, 7) is 1.94. The van der Waals surface area contributed by atoms with Gasteiger partial charge < -0.3 is 19.8 Å². The zero-order valence-electron chi connectivity index (χ0n) is 6.74. The molecule has 0 amide bonds. The summed E-state index contributed by atoms with van der Waals surface area (Å²) in [6, 6.07) is 0. The van der Waals surface area contributed by atoms with E-state index < -0.39 is 11.9 Å². The van der Waals surface area contributed by atoms with Crippen LogP contribution in [0.1, 0.15) is 13.8 Å². The van der Waals surface area contributed by atoms with Crippen LogP contribution in [-0.4, -0.2) is 11.9 Å². The number of carbonyl (C=O) groups excluding carboxylic acids is 2. The van der Waals surface area contributed by atoms with Crippen molar-refractivity contribution >= 4 is 11.9 Å². The van der Waals surface area contributed by atoms with Crippen LogP contribution in [0.4, 0.5) is 0 Å². The zero-order chi connectivity index (χ0) is 7.15. The van der Waals surface area contributed by atoms with Gasteiger partial charge in [0.1, 0.15) is 0 Å². The average molecular weight is 281 g/mol. The summed E-state index contributed by atoms with van der Waals surface area (Å²) in [6.07, 6.45) is 0. The third-order valence-corrected chi connectivity index (χ3v) is 0. The zero-order valence-corrected chi connectivity index (χ0v) is 8.29. The summed E-state index contributed by atoms with van der Waals surface area (Å²) < 4.78 is 0. The summed E-state index contributed by atoms with van der Waals surface area (Å²) in [4.78, 5) is 17.8. The molecule has 0 unspecified atom stereocenters. The molecule has 12 radical (unpaired) electrons. The fourth-order valence-electron chi connectivity index (χ4n) is 0. The van der Waals surface area contributed by atoms with E-state index in [1.807, 2.05) is 0 Å². The molecule has 0 heterocycles. The minimum Gasteiger partial charge on any atom is -0.550 e. The molecule has 0 bridgehead atoms. The van der Waals surface area contributed by atoms with E-state index in [1.165, 1.54) is 0 Å². The predicted molar refractivity (Wildman–Crippen MR) is 29.9 cm³/mol. The van der Waals surface area contributed by atoms with E-state index in [4.69, 9.17) is 19.8 Å². The molecular formula is C4H6N4O4Pd. The van der Waals surface area contributed by atoms with Crippen LogP contribution in [0.5, 0.6) is 0 Å². The molecule has 0 rings (SSSR count). The van der Waals surface area contributed by atoms with Gasteiger partial charge in [0.2, 0.25) is 0 Å². The Labute approximate surface area is 91.1 Å². The molecule has 0 atom stereocenters. The van der Waals surface area contributed by atoms with Crippen molar-refractivity contribution in [3.8, 4) is 0 Å². The molecule has 0 N–H and O–H groups in total. The van der Waals surface area contributed by atoms with Gasteiger partial charge in [0.15, 0.2) is 0 Å². The van der Waals surface area contributed by atoms with Crippen LogP contribution in [0.2, 0.25) is 0 Å². The predicted octanol–water partition coefficient (Wildman–Crippen LogP) is -4.41. The molecule has 0 spiro atoms. The smallest absolute Gasteiger partial charge is 0.550 e. The summed E-state index contributed by atoms with van der Waals surface area (Å²) in [5.74, 6) is -2.17. The van der Waals surface area contributed by atoms with Gasteiger partial charge in [-0.3, -0.25) is 0 Å². The molecule has 13 heavy (non-hydrogen) atoms. The molecule has 9 heteroatoms. The fraction of sp³-hybridized carbons (Fsp3) is 0.500. The molecule has 0 aromatic carbocycles. The molecule has 0 aliphatic rings. The third kappa shape index (κ3) is 3280. The number of aliphatic carboxylic acids is 2. The van der Waals surface area contributed by atoms with Crippen molar-refractivity contribution in [2.24, 2.45) is 0 Å². The number of carboxylic acids is 2. The molecule has 0 aromatic rings. The van der Waals surface area contributed by atoms with E-state index in [-0.39, 0.29) is 45.0 Å². The second-order valence-electron chi connectivity index (χ2n) is 0.983. The normalized spacial score (nSPS) is 3.85. The maximum atomic E-state index is 8.89. The van der Waals surface area contributed by atoms with Crippen molar-refractivity contribution in [1.82, 2.24) is 24.6 Å². The Bertz CT molecular complexity index is 82.1. The van der Waals surface area contributed by atoms with Gasteiger partial charge in [-0.05, 0) is 13.8 Å². The SMILES string of the molecule is CC(=O)[O-].CC(=O)[O-].[N].[N].[N].[N].[Pd+2]. The minimum atomic E-state index is -1.08. The van der Waals surface area contributed by atoms with E-state index in [0.717, 1.165) is 13.8 Å². The average Bonchev–Trinajstić information content (AvgIpc) is 1.25. The van der Waals surface area contributed by atoms with Crippen LogP contribution < -0.4 is 34.8 Å². The molecule has 8 nitrogen and oxygen atoms in total. The van der Waals surface area contributed by atoms with Crippen molar-refractivity contribution in [3.05, 3.63) is 0 Å². The van der Waals surface area contributed by atoms with E-state index in [9.17, 15) is 0 Å². The first-order chi connectivity index (χ1) is 3.46. The molecular weight excluding hydrogens is 274 g/mol. The Balaban J connectivity index is -0.00000000800. The van der Waals surface area contributed by atoms with E-state index in [2.05, 4.69) is 0 Å². The summed E-state index contributed by atoms with van der Waals surface area (Å²) in [5, 5.41) is 17.8. The van der Waals surface area contributed by atoms with Crippen LogP contribution in [0.3, 0.4) is 0 Å². The van der Waals surface area contributed by atoms with E-state index in [0.29, 0.717) is 0 Å². The standard InChI is InChI=1S/2C2H4O2.4N.Pd/c2*1-2(3)4;;;;;/h2*1H3,(H,3,4);;;;;/q;;;;;;+2/p-2. The first-order valence-corrected chi connectivity index (χ1v) is 1.82. The van der Waals surface area contributed by atoms with Crippen molar-refractivity contribution < 1.29 is 40.2 Å². The Morgan fingerprint density at radius 3 is 0.769 bits per heavy atom. The molecule has 0 aromatic heterocycles. The molecule has 0 saturated carbocycles. The Hall–Kier alpha value is -0.558. The van der Waals surface area contributed by atoms with Crippen molar-refractivity contribution in [3.63, 3.8) is 0 Å². The molecule has 0 saturated heterocycles. The van der Waals surface area contributed by atoms with Crippen molar-refractivity contribution in [1.29, 1.82) is 0 Å². The third-order valence-electron chi connectivity index (χ3n) is 0. The largest absolute Gasteiger partial charge is 2.00 e. The monoisotopic (exact) mass is 280 g/mol. The van der Waals surface area contributed by atoms with Crippen molar-refractivity contribution in [2.45, 2.75) is 13.8 Å². The van der Waals surface area contributed by atoms with Crippen LogP contribution in [0.25, 0.3) is 0 Å². The van der Waals surface area contributed by atoms with Gasteiger partial charge >= 0.3 is 20.4 Å². The van der Waals surface area contributed by atoms with Crippen LogP contribution in [0, 0.1) is 0 Å². The van der Waals surface area contributed by atoms with Crippen LogP contribution >= 0.6 is 0 Å². The maximum Gasteiger partial charge on any atom is 2.00 e. The number of carbonyl (C=O) groups is 2. The number of hydrogen-bond donors (Lipinski definition) is 0. The molecule has 0 aliphatic carbocycles. The van der Waals surface area contributed by atoms with Gasteiger partial charge in [0, 0.05) is 36.5 Å². The van der Waals surface area contributed by atoms with E-state index >= 15 is 0 Å². The number of nitrogens with zero attached hydrogens (tertiary/aromatic N) is 4. The van der Waals surface area contributed by atoms with Crippen molar-refractivity contribution in [2.75, 3.05) is 0 Å². The number of carboxylic acid groups (broad SMARTS) is 2. The number of rotatable bonds is 0. The quantitative estimate of drug-likeness (QED) is 0.403. The van der Waals surface area contributed by atoms with Gasteiger partial charge in [-0.2, -0.15) is 0 Å². The Kier molecular flexibility index (Phi) is 178. The molecule has 76 valence electrons. The Morgan fingerprint density at radius 2 is 0.769 bits per heavy atom. The second kappa shape index (κ2) is 42.1. The summed E-state index contributed by atoms with van der Waals surface area (Å²) >= 11 is 0. The first-order valence-electron chi connectivity index (χ1n) is 1.82. The second-order valence-corrected chi connectivity index (χ2v) is 0.983. The van der Waals surface area contributed by atoms with Gasteiger partial charge in [0.05, 0.1) is 0 Å². The molecule has 0 fully saturated rings. The van der Waals surface area contributed by atoms with Crippen LogP contribution in [0.15, 0.2) is 0 Å². The Morgan fingerprint density at radius 1 is 0.769 bits per heavy atom. The minimum absolute atomic E-state index is 0. The van der Waals surface area contributed by atoms with Gasteiger partial charge in [-0.1, -0.05) is 0 Å². The summed E-state index contributed by atoms with van der Waals surface area (Å²) in [7, 11) is 0. The molecule has 0 aliphatic heterocycles. The first kappa shape index (κ1) is 55.0. The van der Waals surface area contributed by atoms with E-state index in [1.54, 1.807) is 0 Å². The van der Waals surface area contributed by atoms with Gasteiger partial charge in [-0.15, -0.1) is 0 Å². The van der Waals surface area contributed by atoms with Gasteiger partial charge in [0.25, 0.3) is 0 Å². The van der Waals surface area contributed by atoms with Crippen LogP contribution in [-0.2, 0) is 30.0 Å². The fourth-order valence-corrected chi connectivity index (χ4v) is 0. The maximum absolute atomic E-state index is 8.89. The summed E-state index contributed by atoms with van der Waals surface area (Å²) in [5.41, 5.74) is 0. The topological polar surface area (TPSA) is 202 Å². The van der Waals surface area contributed by atoms with Gasteiger partial charge in [-0.25, -0.2) is 0 Å².